The van der Waals surface area contributed by atoms with E-state index in [2.05, 4.69) is 15.5 Å². The lowest BCUT2D eigenvalue weighted by atomic mass is 10.3. The van der Waals surface area contributed by atoms with Gasteiger partial charge in [-0.1, -0.05) is 23.3 Å². The number of para-hydroxylation sites is 1. The average Bonchev–Trinajstić information content (AvgIpc) is 3.17. The second-order valence-corrected chi connectivity index (χ2v) is 5.33. The van der Waals surface area contributed by atoms with Gasteiger partial charge in [-0.15, -0.1) is 5.10 Å². The fourth-order valence-electron chi connectivity index (χ4n) is 2.26. The molecular weight excluding hydrogens is 328 g/mol. The Kier molecular flexibility index (Phi) is 5.03. The normalized spacial score (nSPS) is 14.0. The second-order valence-electron chi connectivity index (χ2n) is 5.33. The van der Waals surface area contributed by atoms with E-state index in [-0.39, 0.29) is 62.0 Å². The summed E-state index contributed by atoms with van der Waals surface area (Å²) in [6.45, 7) is 0.116. The third-order valence-electron chi connectivity index (χ3n) is 3.50. The topological polar surface area (TPSA) is 115 Å². The van der Waals surface area contributed by atoms with Crippen LogP contribution in [-0.4, -0.2) is 39.4 Å². The Morgan fingerprint density at radius 1 is 1.16 bits per heavy atom. The number of hydrogen-bond donors (Lipinski definition) is 1. The molecule has 3 amide bonds. The molecule has 2 aromatic rings. The van der Waals surface area contributed by atoms with Crippen LogP contribution in [0.5, 0.6) is 5.75 Å². The summed E-state index contributed by atoms with van der Waals surface area (Å²) in [5.74, 6) is -0.132. The second kappa shape index (κ2) is 7.56. The summed E-state index contributed by atoms with van der Waals surface area (Å²) in [6, 6.07) is 9.05. The molecule has 3 rings (SSSR count). The molecule has 0 bridgehead atoms. The van der Waals surface area contributed by atoms with Crippen LogP contribution in [0, 0.1) is 0 Å². The lowest BCUT2D eigenvalue weighted by molar-refractivity contribution is -0.139. The van der Waals surface area contributed by atoms with Gasteiger partial charge in [0, 0.05) is 12.8 Å². The molecule has 0 atom stereocenters. The van der Waals surface area contributed by atoms with Crippen molar-refractivity contribution in [2.75, 3.05) is 11.9 Å². The van der Waals surface area contributed by atoms with Crippen LogP contribution in [0.25, 0.3) is 0 Å². The zero-order valence-corrected chi connectivity index (χ0v) is 13.3. The van der Waals surface area contributed by atoms with Crippen molar-refractivity contribution in [3.8, 4) is 5.75 Å². The molecular formula is C16H16N4O5. The van der Waals surface area contributed by atoms with Crippen LogP contribution in [0.4, 0.5) is 6.01 Å². The van der Waals surface area contributed by atoms with Crippen molar-refractivity contribution in [1.29, 1.82) is 0 Å². The van der Waals surface area contributed by atoms with E-state index in [0.717, 1.165) is 4.90 Å². The van der Waals surface area contributed by atoms with Crippen LogP contribution < -0.4 is 10.1 Å². The molecule has 1 aromatic heterocycles. The first-order valence-electron chi connectivity index (χ1n) is 7.75. The summed E-state index contributed by atoms with van der Waals surface area (Å²) >= 11 is 0. The summed E-state index contributed by atoms with van der Waals surface area (Å²) in [5.41, 5.74) is 0. The molecule has 0 aliphatic carbocycles. The van der Waals surface area contributed by atoms with Crippen molar-refractivity contribution >= 4 is 23.7 Å². The Hall–Kier alpha value is -3.23. The number of benzene rings is 1. The highest BCUT2D eigenvalue weighted by atomic mass is 16.5. The van der Waals surface area contributed by atoms with Crippen molar-refractivity contribution in [2.24, 2.45) is 0 Å². The van der Waals surface area contributed by atoms with E-state index in [1.807, 2.05) is 18.2 Å². The highest BCUT2D eigenvalue weighted by Crippen LogP contribution is 2.16. The first kappa shape index (κ1) is 16.6. The molecule has 2 heterocycles. The van der Waals surface area contributed by atoms with Crippen molar-refractivity contribution in [2.45, 2.75) is 25.8 Å². The van der Waals surface area contributed by atoms with Crippen LogP contribution >= 0.6 is 0 Å². The van der Waals surface area contributed by atoms with E-state index in [4.69, 9.17) is 9.15 Å². The molecule has 1 aliphatic heterocycles. The maximum Gasteiger partial charge on any atom is 0.322 e. The van der Waals surface area contributed by atoms with E-state index in [9.17, 15) is 14.4 Å². The molecule has 1 saturated heterocycles. The molecule has 1 aliphatic rings. The molecule has 1 N–H and O–H groups in total. The molecule has 25 heavy (non-hydrogen) atoms. The smallest absolute Gasteiger partial charge is 0.322 e. The SMILES string of the molecule is O=C(CCOc1ccccc1)Nc1nnc(CN2C(=O)CCC2=O)o1. The zero-order valence-electron chi connectivity index (χ0n) is 13.3. The first-order valence-corrected chi connectivity index (χ1v) is 7.75. The lowest BCUT2D eigenvalue weighted by Gasteiger charge is -2.09. The molecule has 0 unspecified atom stereocenters. The van der Waals surface area contributed by atoms with Gasteiger partial charge in [0.1, 0.15) is 12.3 Å². The number of nitrogens with zero attached hydrogens (tertiary/aromatic N) is 3. The summed E-state index contributed by atoms with van der Waals surface area (Å²) in [6.07, 6.45) is 0.492. The Labute approximate surface area is 143 Å². The molecule has 1 aromatic carbocycles. The lowest BCUT2D eigenvalue weighted by Crippen LogP contribution is -2.28. The minimum Gasteiger partial charge on any atom is -0.493 e. The highest BCUT2D eigenvalue weighted by Gasteiger charge is 2.30. The van der Waals surface area contributed by atoms with Gasteiger partial charge in [-0.3, -0.25) is 24.6 Å². The summed E-state index contributed by atoms with van der Waals surface area (Å²) in [7, 11) is 0. The molecule has 0 saturated carbocycles. The number of hydrogen-bond acceptors (Lipinski definition) is 7. The molecule has 0 radical (unpaired) electrons. The Morgan fingerprint density at radius 2 is 1.88 bits per heavy atom. The first-order chi connectivity index (χ1) is 12.1. The predicted octanol–water partition coefficient (Wildman–Crippen LogP) is 1.13. The number of carbonyl (C=O) groups is 3. The van der Waals surface area contributed by atoms with Gasteiger partial charge in [0.25, 0.3) is 0 Å². The van der Waals surface area contributed by atoms with Gasteiger partial charge in [0.2, 0.25) is 23.6 Å². The Bertz CT molecular complexity index is 758. The Balaban J connectivity index is 1.45. The van der Waals surface area contributed by atoms with Gasteiger partial charge in [0.05, 0.1) is 13.0 Å². The molecule has 1 fully saturated rings. The minimum absolute atomic E-state index is 0.0828. The van der Waals surface area contributed by atoms with Gasteiger partial charge in [-0.25, -0.2) is 0 Å². The Morgan fingerprint density at radius 3 is 2.60 bits per heavy atom. The third kappa shape index (κ3) is 4.40. The monoisotopic (exact) mass is 344 g/mol. The van der Waals surface area contributed by atoms with Gasteiger partial charge >= 0.3 is 6.01 Å². The van der Waals surface area contributed by atoms with E-state index in [0.29, 0.717) is 5.75 Å². The molecule has 0 spiro atoms. The van der Waals surface area contributed by atoms with Crippen LogP contribution in [0.2, 0.25) is 0 Å². The number of rotatable bonds is 7. The number of ether oxygens (including phenoxy) is 1. The number of anilines is 1. The predicted molar refractivity (Wildman–Crippen MR) is 84.3 cm³/mol. The van der Waals surface area contributed by atoms with Gasteiger partial charge in [-0.2, -0.15) is 0 Å². The van der Waals surface area contributed by atoms with Gasteiger partial charge in [-0.05, 0) is 12.1 Å². The van der Waals surface area contributed by atoms with Crippen LogP contribution in [0.3, 0.4) is 0 Å². The third-order valence-corrected chi connectivity index (χ3v) is 3.50. The van der Waals surface area contributed by atoms with E-state index in [1.54, 1.807) is 12.1 Å². The number of aromatic nitrogens is 2. The largest absolute Gasteiger partial charge is 0.493 e. The summed E-state index contributed by atoms with van der Waals surface area (Å²) in [5, 5.41) is 9.84. The fraction of sp³-hybridized carbons (Fsp3) is 0.312. The van der Waals surface area contributed by atoms with Gasteiger partial charge < -0.3 is 9.15 Å². The number of nitrogens with one attached hydrogen (secondary N) is 1. The van der Waals surface area contributed by atoms with Crippen molar-refractivity contribution in [3.63, 3.8) is 0 Å². The van der Waals surface area contributed by atoms with Crippen molar-refractivity contribution in [3.05, 3.63) is 36.2 Å². The van der Waals surface area contributed by atoms with E-state index < -0.39 is 0 Å². The maximum atomic E-state index is 11.8. The maximum absolute atomic E-state index is 11.8. The zero-order chi connectivity index (χ0) is 17.6. The molecule has 130 valence electrons. The standard InChI is InChI=1S/C16H16N4O5/c21-12(8-9-24-11-4-2-1-3-5-11)17-16-19-18-13(25-16)10-20-14(22)6-7-15(20)23/h1-5H,6-10H2,(H,17,19,21). The highest BCUT2D eigenvalue weighted by molar-refractivity contribution is 6.01. The van der Waals surface area contributed by atoms with Gasteiger partial charge in [0.15, 0.2) is 0 Å². The summed E-state index contributed by atoms with van der Waals surface area (Å²) in [4.78, 5) is 36.0. The quantitative estimate of drug-likeness (QED) is 0.749. The number of likely N-dealkylation sites (tertiary alicyclic amines) is 1. The van der Waals surface area contributed by atoms with E-state index >= 15 is 0 Å². The van der Waals surface area contributed by atoms with Crippen molar-refractivity contribution < 1.29 is 23.5 Å². The average molecular weight is 344 g/mol. The minimum atomic E-state index is -0.348. The van der Waals surface area contributed by atoms with Crippen LogP contribution in [0.15, 0.2) is 34.7 Å². The number of imide groups is 1. The number of amides is 3. The van der Waals surface area contributed by atoms with Crippen LogP contribution in [0.1, 0.15) is 25.2 Å². The molecule has 9 heteroatoms. The number of carbonyl (C=O) groups excluding carboxylic acids is 3. The van der Waals surface area contributed by atoms with E-state index in [1.165, 1.54) is 0 Å². The van der Waals surface area contributed by atoms with Crippen molar-refractivity contribution in [1.82, 2.24) is 15.1 Å². The fourth-order valence-corrected chi connectivity index (χ4v) is 2.26. The van der Waals surface area contributed by atoms with Crippen LogP contribution in [-0.2, 0) is 20.9 Å². The summed E-state index contributed by atoms with van der Waals surface area (Å²) < 4.78 is 10.7. The molecule has 9 nitrogen and oxygen atoms in total.